The molecule has 1 aliphatic carbocycles. The Balaban J connectivity index is 2.06. The summed E-state index contributed by atoms with van der Waals surface area (Å²) in [7, 11) is 1.34. The monoisotopic (exact) mass is 184 g/mol. The van der Waals surface area contributed by atoms with Crippen LogP contribution in [0.4, 0.5) is 4.79 Å². The van der Waals surface area contributed by atoms with Gasteiger partial charge in [-0.2, -0.15) is 0 Å². The van der Waals surface area contributed by atoms with Crippen LogP contribution < -0.4 is 10.6 Å². The van der Waals surface area contributed by atoms with Gasteiger partial charge in [0.2, 0.25) is 0 Å². The summed E-state index contributed by atoms with van der Waals surface area (Å²) in [6.45, 7) is 4.24. The van der Waals surface area contributed by atoms with Crippen LogP contribution in [0, 0.1) is 0 Å². The van der Waals surface area contributed by atoms with Crippen LogP contribution in [-0.4, -0.2) is 25.8 Å². The van der Waals surface area contributed by atoms with Gasteiger partial charge in [0.15, 0.2) is 0 Å². The van der Waals surface area contributed by atoms with Crippen molar-refractivity contribution in [3.8, 4) is 0 Å². The SMILES string of the molecule is C=C(CNC(=O)OC)NC1CCC1. The molecule has 1 fully saturated rings. The summed E-state index contributed by atoms with van der Waals surface area (Å²) in [4.78, 5) is 10.7. The summed E-state index contributed by atoms with van der Waals surface area (Å²) in [5.74, 6) is 0. The fourth-order valence-electron chi connectivity index (χ4n) is 1.14. The van der Waals surface area contributed by atoms with E-state index in [2.05, 4.69) is 21.9 Å². The first kappa shape index (κ1) is 9.89. The lowest BCUT2D eigenvalue weighted by Gasteiger charge is -2.28. The summed E-state index contributed by atoms with van der Waals surface area (Å²) in [5, 5.41) is 5.79. The Morgan fingerprint density at radius 3 is 2.77 bits per heavy atom. The van der Waals surface area contributed by atoms with Crippen LogP contribution in [0.25, 0.3) is 0 Å². The average Bonchev–Trinajstić information content (AvgIpc) is 2.07. The molecule has 0 heterocycles. The lowest BCUT2D eigenvalue weighted by molar-refractivity contribution is 0.171. The molecule has 0 radical (unpaired) electrons. The quantitative estimate of drug-likeness (QED) is 0.685. The molecule has 0 aliphatic heterocycles. The Kier molecular flexibility index (Phi) is 3.61. The van der Waals surface area contributed by atoms with Crippen molar-refractivity contribution in [3.05, 3.63) is 12.3 Å². The maximum atomic E-state index is 10.7. The lowest BCUT2D eigenvalue weighted by atomic mass is 9.93. The van der Waals surface area contributed by atoms with E-state index < -0.39 is 6.09 Å². The summed E-state index contributed by atoms with van der Waals surface area (Å²) < 4.78 is 4.43. The number of hydrogen-bond donors (Lipinski definition) is 2. The zero-order valence-electron chi connectivity index (χ0n) is 7.93. The van der Waals surface area contributed by atoms with E-state index in [1.807, 2.05) is 0 Å². The molecule has 0 bridgehead atoms. The number of carbonyl (C=O) groups excluding carboxylic acids is 1. The predicted octanol–water partition coefficient (Wildman–Crippen LogP) is 0.998. The third-order valence-electron chi connectivity index (χ3n) is 2.14. The third-order valence-corrected chi connectivity index (χ3v) is 2.14. The largest absolute Gasteiger partial charge is 0.453 e. The van der Waals surface area contributed by atoms with Gasteiger partial charge in [0.1, 0.15) is 0 Å². The molecule has 1 rings (SSSR count). The van der Waals surface area contributed by atoms with Crippen molar-refractivity contribution in [3.63, 3.8) is 0 Å². The van der Waals surface area contributed by atoms with Gasteiger partial charge >= 0.3 is 6.09 Å². The van der Waals surface area contributed by atoms with E-state index >= 15 is 0 Å². The molecule has 1 amide bonds. The second-order valence-electron chi connectivity index (χ2n) is 3.22. The van der Waals surface area contributed by atoms with E-state index in [0.717, 1.165) is 5.70 Å². The molecule has 0 aromatic carbocycles. The first-order valence-electron chi connectivity index (χ1n) is 4.48. The number of amides is 1. The van der Waals surface area contributed by atoms with Gasteiger partial charge in [0.05, 0.1) is 13.7 Å². The number of hydrogen-bond acceptors (Lipinski definition) is 3. The number of alkyl carbamates (subject to hydrolysis) is 1. The minimum absolute atomic E-state index is 0.420. The van der Waals surface area contributed by atoms with E-state index in [4.69, 9.17) is 0 Å². The van der Waals surface area contributed by atoms with Crippen molar-refractivity contribution in [2.75, 3.05) is 13.7 Å². The van der Waals surface area contributed by atoms with E-state index in [-0.39, 0.29) is 0 Å². The normalized spacial score (nSPS) is 15.8. The molecule has 1 aliphatic rings. The number of rotatable bonds is 4. The molecule has 0 spiro atoms. The zero-order chi connectivity index (χ0) is 9.68. The Morgan fingerprint density at radius 1 is 1.62 bits per heavy atom. The van der Waals surface area contributed by atoms with Gasteiger partial charge in [0.25, 0.3) is 0 Å². The topological polar surface area (TPSA) is 50.4 Å². The molecule has 13 heavy (non-hydrogen) atoms. The minimum Gasteiger partial charge on any atom is -0.453 e. The highest BCUT2D eigenvalue weighted by Gasteiger charge is 2.16. The summed E-state index contributed by atoms with van der Waals surface area (Å²) >= 11 is 0. The molecule has 0 aromatic heterocycles. The minimum atomic E-state index is -0.420. The number of methoxy groups -OCH3 is 1. The first-order chi connectivity index (χ1) is 6.22. The summed E-state index contributed by atoms with van der Waals surface area (Å²) in [5.41, 5.74) is 0.843. The second-order valence-corrected chi connectivity index (χ2v) is 3.22. The number of ether oxygens (including phenoxy) is 1. The van der Waals surface area contributed by atoms with Gasteiger partial charge in [-0.15, -0.1) is 0 Å². The van der Waals surface area contributed by atoms with Crippen LogP contribution in [0.3, 0.4) is 0 Å². The number of carbonyl (C=O) groups is 1. The van der Waals surface area contributed by atoms with Gasteiger partial charge in [-0.25, -0.2) is 4.79 Å². The molecule has 0 aromatic rings. The van der Waals surface area contributed by atoms with Crippen LogP contribution >= 0.6 is 0 Å². The number of nitrogens with one attached hydrogen (secondary N) is 2. The van der Waals surface area contributed by atoms with Crippen molar-refractivity contribution in [2.24, 2.45) is 0 Å². The fourth-order valence-corrected chi connectivity index (χ4v) is 1.14. The summed E-state index contributed by atoms with van der Waals surface area (Å²) in [6.07, 6.45) is 3.28. The highest BCUT2D eigenvalue weighted by Crippen LogP contribution is 2.18. The Morgan fingerprint density at radius 2 is 2.31 bits per heavy atom. The lowest BCUT2D eigenvalue weighted by Crippen LogP contribution is -2.38. The molecular formula is C9H16N2O2. The molecule has 4 nitrogen and oxygen atoms in total. The smallest absolute Gasteiger partial charge is 0.407 e. The third kappa shape index (κ3) is 3.36. The van der Waals surface area contributed by atoms with Crippen molar-refractivity contribution < 1.29 is 9.53 Å². The van der Waals surface area contributed by atoms with Crippen molar-refractivity contribution in [2.45, 2.75) is 25.3 Å². The van der Waals surface area contributed by atoms with E-state index in [1.54, 1.807) is 0 Å². The highest BCUT2D eigenvalue weighted by atomic mass is 16.5. The average molecular weight is 184 g/mol. The summed E-state index contributed by atoms with van der Waals surface area (Å²) in [6, 6.07) is 0.562. The molecule has 0 unspecified atom stereocenters. The van der Waals surface area contributed by atoms with E-state index in [0.29, 0.717) is 12.6 Å². The van der Waals surface area contributed by atoms with Crippen LogP contribution in [0.2, 0.25) is 0 Å². The first-order valence-corrected chi connectivity index (χ1v) is 4.48. The fraction of sp³-hybridized carbons (Fsp3) is 0.667. The Hall–Kier alpha value is -1.19. The zero-order valence-corrected chi connectivity index (χ0v) is 7.93. The maximum Gasteiger partial charge on any atom is 0.407 e. The molecule has 0 atom stereocenters. The van der Waals surface area contributed by atoms with Crippen molar-refractivity contribution in [1.29, 1.82) is 0 Å². The van der Waals surface area contributed by atoms with Gasteiger partial charge in [-0.1, -0.05) is 6.58 Å². The van der Waals surface area contributed by atoms with E-state index in [1.165, 1.54) is 26.4 Å². The highest BCUT2D eigenvalue weighted by molar-refractivity contribution is 5.67. The van der Waals surface area contributed by atoms with Crippen LogP contribution in [-0.2, 0) is 4.74 Å². The van der Waals surface area contributed by atoms with Crippen LogP contribution in [0.15, 0.2) is 12.3 Å². The van der Waals surface area contributed by atoms with Crippen molar-refractivity contribution in [1.82, 2.24) is 10.6 Å². The maximum absolute atomic E-state index is 10.7. The Labute approximate surface area is 78.3 Å². The second kappa shape index (κ2) is 4.74. The molecule has 4 heteroatoms. The van der Waals surface area contributed by atoms with Crippen LogP contribution in [0.5, 0.6) is 0 Å². The van der Waals surface area contributed by atoms with Gasteiger partial charge in [-0.05, 0) is 19.3 Å². The molecule has 74 valence electrons. The van der Waals surface area contributed by atoms with Crippen LogP contribution in [0.1, 0.15) is 19.3 Å². The van der Waals surface area contributed by atoms with Crippen molar-refractivity contribution >= 4 is 6.09 Å². The van der Waals surface area contributed by atoms with E-state index in [9.17, 15) is 4.79 Å². The predicted molar refractivity (Wildman–Crippen MR) is 50.3 cm³/mol. The molecule has 2 N–H and O–H groups in total. The Bertz CT molecular complexity index is 200. The molecular weight excluding hydrogens is 168 g/mol. The van der Waals surface area contributed by atoms with Gasteiger partial charge in [-0.3, -0.25) is 0 Å². The standard InChI is InChI=1S/C9H16N2O2/c1-7(6-10-9(12)13-2)11-8-4-3-5-8/h8,11H,1,3-6H2,2H3,(H,10,12). The van der Waals surface area contributed by atoms with Gasteiger partial charge < -0.3 is 15.4 Å². The molecule has 1 saturated carbocycles. The van der Waals surface area contributed by atoms with Gasteiger partial charge in [0, 0.05) is 11.7 Å². The molecule has 0 saturated heterocycles.